The van der Waals surface area contributed by atoms with Gasteiger partial charge in [-0.1, -0.05) is 32.9 Å². The average molecular weight is 366 g/mol. The van der Waals surface area contributed by atoms with Crippen LogP contribution in [0.3, 0.4) is 0 Å². The summed E-state index contributed by atoms with van der Waals surface area (Å²) < 4.78 is 0. The number of hydrogen-bond acceptors (Lipinski definition) is 3. The number of aromatic carboxylic acids is 1. The standard InChI is InChI=1S/C22H26N2O3/c1-22(2,3)21(27)24-11-5-8-18(14-24)19-13-16(9-10-23-19)15-6-4-7-17(12-15)20(25)26/h4,6-7,9-10,12-13,18H,5,8,11,14H2,1-3H3,(H,25,26). The van der Waals surface area contributed by atoms with Crippen molar-refractivity contribution in [2.75, 3.05) is 13.1 Å². The molecule has 0 spiro atoms. The predicted octanol–water partition coefficient (Wildman–Crippen LogP) is 4.20. The molecule has 142 valence electrons. The average Bonchev–Trinajstić information content (AvgIpc) is 2.67. The van der Waals surface area contributed by atoms with Crippen molar-refractivity contribution in [1.82, 2.24) is 9.88 Å². The molecule has 1 unspecified atom stereocenters. The van der Waals surface area contributed by atoms with Gasteiger partial charge in [0, 0.05) is 36.3 Å². The third-order valence-electron chi connectivity index (χ3n) is 4.99. The number of carbonyl (C=O) groups is 2. The van der Waals surface area contributed by atoms with E-state index in [1.807, 2.05) is 43.9 Å². The molecule has 5 nitrogen and oxygen atoms in total. The van der Waals surface area contributed by atoms with Crippen molar-refractivity contribution >= 4 is 11.9 Å². The van der Waals surface area contributed by atoms with Crippen LogP contribution in [0.25, 0.3) is 11.1 Å². The second-order valence-electron chi connectivity index (χ2n) is 8.20. The number of carbonyl (C=O) groups excluding carboxylic acids is 1. The van der Waals surface area contributed by atoms with Gasteiger partial charge in [0.15, 0.2) is 0 Å². The van der Waals surface area contributed by atoms with Gasteiger partial charge in [0.25, 0.3) is 0 Å². The van der Waals surface area contributed by atoms with Crippen LogP contribution in [-0.4, -0.2) is 40.0 Å². The maximum Gasteiger partial charge on any atom is 0.335 e. The van der Waals surface area contributed by atoms with E-state index in [0.717, 1.165) is 36.2 Å². The lowest BCUT2D eigenvalue weighted by atomic mass is 9.89. The molecule has 0 saturated carbocycles. The second kappa shape index (κ2) is 7.51. The zero-order valence-electron chi connectivity index (χ0n) is 16.1. The van der Waals surface area contributed by atoms with E-state index in [4.69, 9.17) is 0 Å². The van der Waals surface area contributed by atoms with Crippen molar-refractivity contribution in [3.63, 3.8) is 0 Å². The van der Waals surface area contributed by atoms with Crippen molar-refractivity contribution in [1.29, 1.82) is 0 Å². The largest absolute Gasteiger partial charge is 0.478 e. The predicted molar refractivity (Wildman–Crippen MR) is 105 cm³/mol. The maximum absolute atomic E-state index is 12.6. The van der Waals surface area contributed by atoms with E-state index in [2.05, 4.69) is 4.98 Å². The number of amides is 1. The number of aromatic nitrogens is 1. The Labute approximate surface area is 160 Å². The Balaban J connectivity index is 1.84. The van der Waals surface area contributed by atoms with Crippen molar-refractivity contribution in [2.45, 2.75) is 39.5 Å². The van der Waals surface area contributed by atoms with Crippen LogP contribution in [0.15, 0.2) is 42.6 Å². The van der Waals surface area contributed by atoms with Crippen LogP contribution in [0, 0.1) is 5.41 Å². The van der Waals surface area contributed by atoms with E-state index in [9.17, 15) is 14.7 Å². The van der Waals surface area contributed by atoms with Crippen LogP contribution >= 0.6 is 0 Å². The molecule has 27 heavy (non-hydrogen) atoms. The SMILES string of the molecule is CC(C)(C)C(=O)N1CCCC(c2cc(-c3cccc(C(=O)O)c3)ccn2)C1. The molecule has 1 atom stereocenters. The highest BCUT2D eigenvalue weighted by Gasteiger charge is 2.31. The maximum atomic E-state index is 12.6. The molecule has 0 bridgehead atoms. The van der Waals surface area contributed by atoms with Crippen molar-refractivity contribution in [2.24, 2.45) is 5.41 Å². The number of benzene rings is 1. The number of hydrogen-bond donors (Lipinski definition) is 1. The first-order chi connectivity index (χ1) is 12.8. The lowest BCUT2D eigenvalue weighted by molar-refractivity contribution is -0.140. The van der Waals surface area contributed by atoms with Crippen LogP contribution in [0.1, 0.15) is 55.6 Å². The number of carboxylic acid groups (broad SMARTS) is 1. The van der Waals surface area contributed by atoms with E-state index in [-0.39, 0.29) is 22.8 Å². The molecular formula is C22H26N2O3. The molecule has 1 saturated heterocycles. The molecule has 2 aromatic rings. The van der Waals surface area contributed by atoms with Crippen LogP contribution in [-0.2, 0) is 4.79 Å². The molecule has 0 aliphatic carbocycles. The highest BCUT2D eigenvalue weighted by molar-refractivity contribution is 5.89. The Hall–Kier alpha value is -2.69. The van der Waals surface area contributed by atoms with Crippen LogP contribution in [0.4, 0.5) is 0 Å². The Morgan fingerprint density at radius 1 is 1.15 bits per heavy atom. The van der Waals surface area contributed by atoms with E-state index < -0.39 is 5.97 Å². The quantitative estimate of drug-likeness (QED) is 0.884. The molecule has 2 heterocycles. The molecule has 5 heteroatoms. The summed E-state index contributed by atoms with van der Waals surface area (Å²) in [6.45, 7) is 7.34. The summed E-state index contributed by atoms with van der Waals surface area (Å²) in [5.74, 6) is -0.556. The molecule has 1 fully saturated rings. The molecular weight excluding hydrogens is 340 g/mol. The molecule has 1 amide bonds. The number of likely N-dealkylation sites (tertiary alicyclic amines) is 1. The first kappa shape index (κ1) is 19.1. The third kappa shape index (κ3) is 4.35. The second-order valence-corrected chi connectivity index (χ2v) is 8.20. The molecule has 1 N–H and O–H groups in total. The summed E-state index contributed by atoms with van der Waals surface area (Å²) in [5, 5.41) is 9.21. The first-order valence-corrected chi connectivity index (χ1v) is 9.35. The fraction of sp³-hybridized carbons (Fsp3) is 0.409. The monoisotopic (exact) mass is 366 g/mol. The van der Waals surface area contributed by atoms with Gasteiger partial charge >= 0.3 is 5.97 Å². The van der Waals surface area contributed by atoms with Gasteiger partial charge < -0.3 is 10.0 Å². The summed E-state index contributed by atoms with van der Waals surface area (Å²) in [6.07, 6.45) is 3.73. The highest BCUT2D eigenvalue weighted by Crippen LogP contribution is 2.31. The summed E-state index contributed by atoms with van der Waals surface area (Å²) in [7, 11) is 0. The molecule has 1 aromatic carbocycles. The van der Waals surface area contributed by atoms with Crippen molar-refractivity contribution < 1.29 is 14.7 Å². The zero-order valence-corrected chi connectivity index (χ0v) is 16.1. The minimum absolute atomic E-state index is 0.178. The Bertz CT molecular complexity index is 855. The van der Waals surface area contributed by atoms with Gasteiger partial charge in [0.05, 0.1) is 5.56 Å². The molecule has 1 aliphatic rings. The molecule has 0 radical (unpaired) electrons. The van der Waals surface area contributed by atoms with Crippen LogP contribution < -0.4 is 0 Å². The summed E-state index contributed by atoms with van der Waals surface area (Å²) >= 11 is 0. The Morgan fingerprint density at radius 3 is 2.59 bits per heavy atom. The smallest absolute Gasteiger partial charge is 0.335 e. The zero-order chi connectivity index (χ0) is 19.6. The lowest BCUT2D eigenvalue weighted by Crippen LogP contribution is -2.44. The van der Waals surface area contributed by atoms with Gasteiger partial charge in [0.1, 0.15) is 0 Å². The fourth-order valence-corrected chi connectivity index (χ4v) is 3.56. The highest BCUT2D eigenvalue weighted by atomic mass is 16.4. The van der Waals surface area contributed by atoms with Gasteiger partial charge in [0.2, 0.25) is 5.91 Å². The van der Waals surface area contributed by atoms with E-state index in [0.29, 0.717) is 6.54 Å². The number of pyridine rings is 1. The van der Waals surface area contributed by atoms with Gasteiger partial charge in [-0.3, -0.25) is 9.78 Å². The number of nitrogens with zero attached hydrogens (tertiary/aromatic N) is 2. The number of carboxylic acids is 1. The number of piperidine rings is 1. The van der Waals surface area contributed by atoms with Crippen LogP contribution in [0.2, 0.25) is 0 Å². The van der Waals surface area contributed by atoms with Crippen molar-refractivity contribution in [3.05, 3.63) is 53.9 Å². The van der Waals surface area contributed by atoms with Gasteiger partial charge in [-0.2, -0.15) is 0 Å². The third-order valence-corrected chi connectivity index (χ3v) is 4.99. The van der Waals surface area contributed by atoms with E-state index in [1.165, 1.54) is 0 Å². The van der Waals surface area contributed by atoms with Gasteiger partial charge in [-0.05, 0) is 48.2 Å². The van der Waals surface area contributed by atoms with Gasteiger partial charge in [-0.25, -0.2) is 4.79 Å². The summed E-state index contributed by atoms with van der Waals surface area (Å²) in [5.41, 5.74) is 2.65. The topological polar surface area (TPSA) is 70.5 Å². The summed E-state index contributed by atoms with van der Waals surface area (Å²) in [6, 6.07) is 10.8. The van der Waals surface area contributed by atoms with Gasteiger partial charge in [-0.15, -0.1) is 0 Å². The lowest BCUT2D eigenvalue weighted by Gasteiger charge is -2.36. The minimum Gasteiger partial charge on any atom is -0.478 e. The van der Waals surface area contributed by atoms with Crippen molar-refractivity contribution in [3.8, 4) is 11.1 Å². The Morgan fingerprint density at radius 2 is 1.89 bits per heavy atom. The molecule has 3 rings (SSSR count). The Kier molecular flexibility index (Phi) is 5.31. The first-order valence-electron chi connectivity index (χ1n) is 9.35. The molecule has 1 aromatic heterocycles. The van der Waals surface area contributed by atoms with E-state index in [1.54, 1.807) is 24.4 Å². The number of rotatable bonds is 3. The fourth-order valence-electron chi connectivity index (χ4n) is 3.56. The summed E-state index contributed by atoms with van der Waals surface area (Å²) in [4.78, 5) is 30.4. The minimum atomic E-state index is -0.935. The van der Waals surface area contributed by atoms with E-state index >= 15 is 0 Å². The normalized spacial score (nSPS) is 17.6. The van der Waals surface area contributed by atoms with Crippen LogP contribution in [0.5, 0.6) is 0 Å². The molecule has 1 aliphatic heterocycles.